The number of hydrogen-bond donors (Lipinski definition) is 1. The first-order chi connectivity index (χ1) is 6.86. The molecule has 0 unspecified atom stereocenters. The second kappa shape index (κ2) is 6.56. The second-order valence-corrected chi connectivity index (χ2v) is 3.39. The van der Waals surface area contributed by atoms with Gasteiger partial charge in [0, 0.05) is 18.7 Å². The van der Waals surface area contributed by atoms with E-state index < -0.39 is 0 Å². The Labute approximate surface area is 84.5 Å². The van der Waals surface area contributed by atoms with Gasteiger partial charge in [-0.2, -0.15) is 0 Å². The van der Waals surface area contributed by atoms with Crippen molar-refractivity contribution in [2.24, 2.45) is 0 Å². The molecule has 1 aromatic rings. The van der Waals surface area contributed by atoms with Gasteiger partial charge in [-0.1, -0.05) is 18.5 Å². The molecule has 0 amide bonds. The van der Waals surface area contributed by atoms with Crippen LogP contribution in [0.15, 0.2) is 17.0 Å². The molecular formula is C10H18N2O2. The van der Waals surface area contributed by atoms with E-state index in [4.69, 9.17) is 9.63 Å². The molecule has 0 aliphatic heterocycles. The lowest BCUT2D eigenvalue weighted by atomic mass is 10.2. The third-order valence-corrected chi connectivity index (χ3v) is 2.13. The molecular weight excluding hydrogens is 180 g/mol. The van der Waals surface area contributed by atoms with Crippen molar-refractivity contribution in [2.45, 2.75) is 26.3 Å². The van der Waals surface area contributed by atoms with E-state index in [1.54, 1.807) is 12.5 Å². The van der Waals surface area contributed by atoms with Crippen LogP contribution in [0.4, 0.5) is 0 Å². The summed E-state index contributed by atoms with van der Waals surface area (Å²) in [5.74, 6) is 0. The van der Waals surface area contributed by atoms with Crippen LogP contribution in [0.3, 0.4) is 0 Å². The van der Waals surface area contributed by atoms with E-state index in [1.807, 2.05) is 0 Å². The molecule has 4 heteroatoms. The molecule has 14 heavy (non-hydrogen) atoms. The number of rotatable bonds is 7. The molecule has 0 atom stereocenters. The van der Waals surface area contributed by atoms with E-state index in [2.05, 4.69) is 17.0 Å². The highest BCUT2D eigenvalue weighted by molar-refractivity contribution is 4.99. The number of hydrogen-bond acceptors (Lipinski definition) is 4. The van der Waals surface area contributed by atoms with Crippen molar-refractivity contribution < 1.29 is 9.63 Å². The molecule has 1 N–H and O–H groups in total. The topological polar surface area (TPSA) is 49.5 Å². The van der Waals surface area contributed by atoms with Crippen LogP contribution in [-0.4, -0.2) is 34.9 Å². The SMILES string of the molecule is CCCCN(CCO)Cc1cnoc1. The molecule has 0 spiro atoms. The van der Waals surface area contributed by atoms with E-state index in [9.17, 15) is 0 Å². The summed E-state index contributed by atoms with van der Waals surface area (Å²) < 4.78 is 4.76. The zero-order valence-electron chi connectivity index (χ0n) is 8.65. The van der Waals surface area contributed by atoms with Crippen LogP contribution in [0, 0.1) is 0 Å². The Morgan fingerprint density at radius 3 is 2.93 bits per heavy atom. The average Bonchev–Trinajstić information content (AvgIpc) is 2.67. The summed E-state index contributed by atoms with van der Waals surface area (Å²) in [6.07, 6.45) is 5.70. The fourth-order valence-corrected chi connectivity index (χ4v) is 1.36. The van der Waals surface area contributed by atoms with Gasteiger partial charge in [-0.3, -0.25) is 4.90 Å². The average molecular weight is 198 g/mol. The highest BCUT2D eigenvalue weighted by Crippen LogP contribution is 2.04. The highest BCUT2D eigenvalue weighted by atomic mass is 16.5. The van der Waals surface area contributed by atoms with Gasteiger partial charge >= 0.3 is 0 Å². The van der Waals surface area contributed by atoms with Crippen molar-refractivity contribution in [1.82, 2.24) is 10.1 Å². The summed E-state index contributed by atoms with van der Waals surface area (Å²) in [6.45, 7) is 4.91. The first kappa shape index (κ1) is 11.2. The van der Waals surface area contributed by atoms with Crippen molar-refractivity contribution in [3.63, 3.8) is 0 Å². The van der Waals surface area contributed by atoms with Crippen molar-refractivity contribution in [3.8, 4) is 0 Å². The number of aliphatic hydroxyl groups excluding tert-OH is 1. The van der Waals surface area contributed by atoms with Crippen LogP contribution in [0.1, 0.15) is 25.3 Å². The van der Waals surface area contributed by atoms with Crippen LogP contribution in [-0.2, 0) is 6.54 Å². The van der Waals surface area contributed by atoms with Gasteiger partial charge in [0.15, 0.2) is 0 Å². The third-order valence-electron chi connectivity index (χ3n) is 2.13. The largest absolute Gasteiger partial charge is 0.395 e. The maximum atomic E-state index is 8.88. The van der Waals surface area contributed by atoms with Gasteiger partial charge in [0.2, 0.25) is 0 Å². The Morgan fingerprint density at radius 2 is 2.36 bits per heavy atom. The minimum atomic E-state index is 0.203. The predicted octanol–water partition coefficient (Wildman–Crippen LogP) is 1.27. The molecule has 0 fully saturated rings. The molecule has 0 aliphatic carbocycles. The molecule has 0 saturated carbocycles. The molecule has 0 radical (unpaired) electrons. The smallest absolute Gasteiger partial charge is 0.128 e. The van der Waals surface area contributed by atoms with Crippen molar-refractivity contribution in [1.29, 1.82) is 0 Å². The van der Waals surface area contributed by atoms with Gasteiger partial charge in [0.1, 0.15) is 6.26 Å². The fourth-order valence-electron chi connectivity index (χ4n) is 1.36. The molecule has 1 rings (SSSR count). The van der Waals surface area contributed by atoms with Gasteiger partial charge in [0.05, 0.1) is 12.8 Å². The Balaban J connectivity index is 2.34. The summed E-state index contributed by atoms with van der Waals surface area (Å²) >= 11 is 0. The van der Waals surface area contributed by atoms with Crippen LogP contribution in [0.2, 0.25) is 0 Å². The van der Waals surface area contributed by atoms with E-state index in [-0.39, 0.29) is 6.61 Å². The maximum Gasteiger partial charge on any atom is 0.128 e. The maximum absolute atomic E-state index is 8.88. The Morgan fingerprint density at radius 1 is 1.50 bits per heavy atom. The van der Waals surface area contributed by atoms with E-state index >= 15 is 0 Å². The van der Waals surface area contributed by atoms with Crippen LogP contribution >= 0.6 is 0 Å². The number of aromatic nitrogens is 1. The summed E-state index contributed by atoms with van der Waals surface area (Å²) in [6, 6.07) is 0. The Bertz CT molecular complexity index is 224. The van der Waals surface area contributed by atoms with E-state index in [1.165, 1.54) is 6.42 Å². The normalized spacial score (nSPS) is 11.1. The lowest BCUT2D eigenvalue weighted by Crippen LogP contribution is -2.27. The summed E-state index contributed by atoms with van der Waals surface area (Å²) in [5, 5.41) is 12.5. The molecule has 0 aromatic carbocycles. The summed E-state index contributed by atoms with van der Waals surface area (Å²) in [7, 11) is 0. The molecule has 1 heterocycles. The van der Waals surface area contributed by atoms with E-state index in [0.717, 1.165) is 25.1 Å². The third kappa shape index (κ3) is 3.89. The van der Waals surface area contributed by atoms with Gasteiger partial charge in [-0.05, 0) is 13.0 Å². The molecule has 1 aromatic heterocycles. The zero-order chi connectivity index (χ0) is 10.2. The molecule has 0 bridgehead atoms. The molecule has 4 nitrogen and oxygen atoms in total. The minimum absolute atomic E-state index is 0.203. The first-order valence-corrected chi connectivity index (χ1v) is 5.08. The highest BCUT2D eigenvalue weighted by Gasteiger charge is 2.05. The molecule has 0 saturated heterocycles. The lowest BCUT2D eigenvalue weighted by Gasteiger charge is -2.19. The predicted molar refractivity (Wildman–Crippen MR) is 53.8 cm³/mol. The standard InChI is InChI=1S/C10H18N2O2/c1-2-3-4-12(5-6-13)8-10-7-11-14-9-10/h7,9,13H,2-6,8H2,1H3. The Hall–Kier alpha value is -0.870. The lowest BCUT2D eigenvalue weighted by molar-refractivity contribution is 0.188. The number of aliphatic hydroxyl groups is 1. The molecule has 80 valence electrons. The van der Waals surface area contributed by atoms with Gasteiger partial charge in [-0.15, -0.1) is 0 Å². The van der Waals surface area contributed by atoms with E-state index in [0.29, 0.717) is 6.54 Å². The summed E-state index contributed by atoms with van der Waals surface area (Å²) in [5.41, 5.74) is 1.06. The molecule has 0 aliphatic rings. The van der Waals surface area contributed by atoms with Crippen LogP contribution in [0.5, 0.6) is 0 Å². The number of unbranched alkanes of at least 4 members (excludes halogenated alkanes) is 1. The van der Waals surface area contributed by atoms with Crippen molar-refractivity contribution >= 4 is 0 Å². The van der Waals surface area contributed by atoms with Crippen molar-refractivity contribution in [2.75, 3.05) is 19.7 Å². The van der Waals surface area contributed by atoms with Gasteiger partial charge in [0.25, 0.3) is 0 Å². The fraction of sp³-hybridized carbons (Fsp3) is 0.700. The number of nitrogens with zero attached hydrogens (tertiary/aromatic N) is 2. The first-order valence-electron chi connectivity index (χ1n) is 5.08. The van der Waals surface area contributed by atoms with Crippen LogP contribution < -0.4 is 0 Å². The zero-order valence-corrected chi connectivity index (χ0v) is 8.65. The van der Waals surface area contributed by atoms with Crippen LogP contribution in [0.25, 0.3) is 0 Å². The van der Waals surface area contributed by atoms with Gasteiger partial charge in [-0.25, -0.2) is 0 Å². The Kier molecular flexibility index (Phi) is 5.25. The monoisotopic (exact) mass is 198 g/mol. The quantitative estimate of drug-likeness (QED) is 0.716. The van der Waals surface area contributed by atoms with Crippen molar-refractivity contribution in [3.05, 3.63) is 18.0 Å². The second-order valence-electron chi connectivity index (χ2n) is 3.39. The summed E-state index contributed by atoms with van der Waals surface area (Å²) in [4.78, 5) is 2.20. The van der Waals surface area contributed by atoms with Gasteiger partial charge < -0.3 is 9.63 Å². The minimum Gasteiger partial charge on any atom is -0.395 e.